The Labute approximate surface area is 115 Å². The van der Waals surface area contributed by atoms with Gasteiger partial charge in [-0.3, -0.25) is 5.10 Å². The maximum absolute atomic E-state index is 4.25. The Hall–Kier alpha value is -2.14. The summed E-state index contributed by atoms with van der Waals surface area (Å²) in [6.07, 6.45) is 3.68. The highest BCUT2D eigenvalue weighted by Crippen LogP contribution is 2.21. The molecule has 96 valence electrons. The molecular weight excluding hydrogens is 256 g/mol. The van der Waals surface area contributed by atoms with Crippen LogP contribution in [0.15, 0.2) is 42.7 Å². The number of benzene rings is 1. The predicted octanol–water partition coefficient (Wildman–Crippen LogP) is 3.45. The Balaban J connectivity index is 1.73. The highest BCUT2D eigenvalue weighted by molar-refractivity contribution is 7.11. The number of aryl methyl sites for hydroxylation is 1. The normalized spacial score (nSPS) is 10.6. The van der Waals surface area contributed by atoms with Crippen LogP contribution in [0.3, 0.4) is 0 Å². The second-order valence-corrected chi connectivity index (χ2v) is 5.57. The van der Waals surface area contributed by atoms with E-state index in [2.05, 4.69) is 38.7 Å². The van der Waals surface area contributed by atoms with Crippen molar-refractivity contribution < 1.29 is 0 Å². The van der Waals surface area contributed by atoms with E-state index >= 15 is 0 Å². The van der Waals surface area contributed by atoms with Crippen LogP contribution >= 0.6 is 11.3 Å². The molecule has 1 aromatic carbocycles. The molecule has 2 N–H and O–H groups in total. The van der Waals surface area contributed by atoms with E-state index in [1.165, 1.54) is 4.88 Å². The molecule has 0 amide bonds. The van der Waals surface area contributed by atoms with E-state index in [1.54, 1.807) is 17.5 Å². The lowest BCUT2D eigenvalue weighted by molar-refractivity contribution is 1.09. The van der Waals surface area contributed by atoms with Crippen molar-refractivity contribution in [2.75, 3.05) is 5.32 Å². The van der Waals surface area contributed by atoms with Crippen LogP contribution in [0.1, 0.15) is 9.88 Å². The fourth-order valence-electron chi connectivity index (χ4n) is 1.89. The van der Waals surface area contributed by atoms with Gasteiger partial charge >= 0.3 is 0 Å². The largest absolute Gasteiger partial charge is 0.380 e. The molecule has 2 heterocycles. The number of rotatable bonds is 4. The summed E-state index contributed by atoms with van der Waals surface area (Å²) < 4.78 is 0. The molecule has 0 unspecified atom stereocenters. The minimum Gasteiger partial charge on any atom is -0.380 e. The summed E-state index contributed by atoms with van der Waals surface area (Å²) in [5, 5.41) is 11.5. The molecule has 0 saturated heterocycles. The summed E-state index contributed by atoms with van der Waals surface area (Å²) in [6, 6.07) is 10.2. The quantitative estimate of drug-likeness (QED) is 0.763. The fourth-order valence-corrected chi connectivity index (χ4v) is 2.62. The standard InChI is InChI=1S/C14H14N4S/c1-10-15-8-13(19-10)9-16-12-4-2-3-11(7-12)14-5-6-17-18-14/h2-8,16H,9H2,1H3,(H,17,18). The lowest BCUT2D eigenvalue weighted by Crippen LogP contribution is -1.97. The topological polar surface area (TPSA) is 53.6 Å². The molecule has 0 aliphatic heterocycles. The molecule has 0 saturated carbocycles. The molecule has 19 heavy (non-hydrogen) atoms. The van der Waals surface area contributed by atoms with Crippen LogP contribution in [0, 0.1) is 6.92 Å². The first-order chi connectivity index (χ1) is 9.31. The molecule has 0 aliphatic rings. The van der Waals surface area contributed by atoms with Gasteiger partial charge in [0, 0.05) is 28.5 Å². The van der Waals surface area contributed by atoms with Crippen molar-refractivity contribution in [2.24, 2.45) is 0 Å². The molecule has 4 nitrogen and oxygen atoms in total. The van der Waals surface area contributed by atoms with Crippen LogP contribution in [0.4, 0.5) is 5.69 Å². The van der Waals surface area contributed by atoms with E-state index in [1.807, 2.05) is 25.3 Å². The molecule has 0 aliphatic carbocycles. The first-order valence-electron chi connectivity index (χ1n) is 6.06. The average Bonchev–Trinajstić information content (AvgIpc) is 3.08. The number of hydrogen-bond donors (Lipinski definition) is 2. The summed E-state index contributed by atoms with van der Waals surface area (Å²) >= 11 is 1.72. The van der Waals surface area contributed by atoms with Crippen LogP contribution in [0.2, 0.25) is 0 Å². The van der Waals surface area contributed by atoms with Crippen molar-refractivity contribution in [1.82, 2.24) is 15.2 Å². The average molecular weight is 270 g/mol. The number of anilines is 1. The van der Waals surface area contributed by atoms with Crippen LogP contribution in [-0.4, -0.2) is 15.2 Å². The summed E-state index contributed by atoms with van der Waals surface area (Å²) in [5.74, 6) is 0. The molecule has 0 fully saturated rings. The zero-order valence-corrected chi connectivity index (χ0v) is 11.4. The van der Waals surface area contributed by atoms with Gasteiger partial charge in [-0.15, -0.1) is 11.3 Å². The lowest BCUT2D eigenvalue weighted by atomic mass is 10.1. The Morgan fingerprint density at radius 3 is 3.00 bits per heavy atom. The second-order valence-electron chi connectivity index (χ2n) is 4.25. The zero-order chi connectivity index (χ0) is 13.1. The Bertz CT molecular complexity index is 658. The molecule has 5 heteroatoms. The number of aromatic amines is 1. The third kappa shape index (κ3) is 2.82. The van der Waals surface area contributed by atoms with E-state index in [4.69, 9.17) is 0 Å². The van der Waals surface area contributed by atoms with Gasteiger partial charge in [0.05, 0.1) is 17.2 Å². The molecule has 0 radical (unpaired) electrons. The molecule has 3 rings (SSSR count). The van der Waals surface area contributed by atoms with Gasteiger partial charge in [0.2, 0.25) is 0 Å². The van der Waals surface area contributed by atoms with Crippen LogP contribution in [-0.2, 0) is 6.54 Å². The molecule has 2 aromatic heterocycles. The van der Waals surface area contributed by atoms with Gasteiger partial charge in [0.25, 0.3) is 0 Å². The number of aromatic nitrogens is 3. The zero-order valence-electron chi connectivity index (χ0n) is 10.6. The van der Waals surface area contributed by atoms with E-state index in [0.29, 0.717) is 0 Å². The van der Waals surface area contributed by atoms with Crippen LogP contribution in [0.25, 0.3) is 11.3 Å². The maximum atomic E-state index is 4.25. The van der Waals surface area contributed by atoms with Crippen LogP contribution in [0.5, 0.6) is 0 Å². The van der Waals surface area contributed by atoms with Crippen molar-refractivity contribution in [3.05, 3.63) is 52.6 Å². The van der Waals surface area contributed by atoms with Gasteiger partial charge in [0.15, 0.2) is 0 Å². The third-order valence-corrected chi connectivity index (χ3v) is 3.72. The molecule has 0 spiro atoms. The van der Waals surface area contributed by atoms with Gasteiger partial charge in [0.1, 0.15) is 0 Å². The summed E-state index contributed by atoms with van der Waals surface area (Å²) in [5.41, 5.74) is 3.25. The summed E-state index contributed by atoms with van der Waals surface area (Å²) in [6.45, 7) is 2.82. The van der Waals surface area contributed by atoms with E-state index < -0.39 is 0 Å². The Kier molecular flexibility index (Phi) is 3.29. The van der Waals surface area contributed by atoms with Crippen molar-refractivity contribution in [3.8, 4) is 11.3 Å². The highest BCUT2D eigenvalue weighted by atomic mass is 32.1. The van der Waals surface area contributed by atoms with Crippen molar-refractivity contribution in [2.45, 2.75) is 13.5 Å². The summed E-state index contributed by atoms with van der Waals surface area (Å²) in [4.78, 5) is 5.49. The lowest BCUT2D eigenvalue weighted by Gasteiger charge is -2.06. The Morgan fingerprint density at radius 2 is 2.26 bits per heavy atom. The first-order valence-corrected chi connectivity index (χ1v) is 6.88. The number of H-pyrrole nitrogens is 1. The molecule has 3 aromatic rings. The molecule has 0 atom stereocenters. The number of hydrogen-bond acceptors (Lipinski definition) is 4. The van der Waals surface area contributed by atoms with E-state index in [9.17, 15) is 0 Å². The number of thiazole rings is 1. The van der Waals surface area contributed by atoms with Gasteiger partial charge in [-0.05, 0) is 25.1 Å². The second kappa shape index (κ2) is 5.24. The van der Waals surface area contributed by atoms with E-state index in [0.717, 1.165) is 28.5 Å². The number of nitrogens with zero attached hydrogens (tertiary/aromatic N) is 2. The van der Waals surface area contributed by atoms with Gasteiger partial charge < -0.3 is 5.32 Å². The van der Waals surface area contributed by atoms with Gasteiger partial charge in [-0.1, -0.05) is 12.1 Å². The Morgan fingerprint density at radius 1 is 1.32 bits per heavy atom. The highest BCUT2D eigenvalue weighted by Gasteiger charge is 2.01. The van der Waals surface area contributed by atoms with Crippen molar-refractivity contribution in [3.63, 3.8) is 0 Å². The number of nitrogens with one attached hydrogen (secondary N) is 2. The maximum Gasteiger partial charge on any atom is 0.0897 e. The predicted molar refractivity (Wildman–Crippen MR) is 78.2 cm³/mol. The van der Waals surface area contributed by atoms with E-state index in [-0.39, 0.29) is 0 Å². The minimum absolute atomic E-state index is 0.804. The third-order valence-electron chi connectivity index (χ3n) is 2.81. The van der Waals surface area contributed by atoms with Gasteiger partial charge in [-0.25, -0.2) is 4.98 Å². The fraction of sp³-hybridized carbons (Fsp3) is 0.143. The monoisotopic (exact) mass is 270 g/mol. The van der Waals surface area contributed by atoms with Crippen LogP contribution < -0.4 is 5.32 Å². The first kappa shape index (κ1) is 11.9. The van der Waals surface area contributed by atoms with Gasteiger partial charge in [-0.2, -0.15) is 5.10 Å². The molecular formula is C14H14N4S. The SMILES string of the molecule is Cc1ncc(CNc2cccc(-c3ccn[nH]3)c2)s1. The van der Waals surface area contributed by atoms with Crippen molar-refractivity contribution in [1.29, 1.82) is 0 Å². The van der Waals surface area contributed by atoms with Crippen molar-refractivity contribution >= 4 is 17.0 Å². The minimum atomic E-state index is 0.804. The smallest absolute Gasteiger partial charge is 0.0897 e. The summed E-state index contributed by atoms with van der Waals surface area (Å²) in [7, 11) is 0. The molecule has 0 bridgehead atoms.